The third-order valence-electron chi connectivity index (χ3n) is 5.93. The number of rotatable bonds is 9. The normalized spacial score (nSPS) is 17.4. The molecule has 1 unspecified atom stereocenters. The topological polar surface area (TPSA) is 66.5 Å². The standard InChI is InChI=1S/C26H40N2O3/c1-25(2,3)15-9-7-8-10-16-27-22(29)17-19-11-13-20(14-12-19)28-23(30)18-21(24(28)31)26(4,5)6/h11-14,21H,7-10,15-18H2,1-6H3,(H,27,29). The highest BCUT2D eigenvalue weighted by molar-refractivity contribution is 6.21. The molecular formula is C26H40N2O3. The number of nitrogens with zero attached hydrogens (tertiary/aromatic N) is 1. The van der Waals surface area contributed by atoms with Crippen LogP contribution in [0, 0.1) is 16.7 Å². The lowest BCUT2D eigenvalue weighted by atomic mass is 9.80. The zero-order valence-electron chi connectivity index (χ0n) is 20.2. The molecule has 1 aromatic carbocycles. The first-order valence-corrected chi connectivity index (χ1v) is 11.6. The molecule has 1 aliphatic heterocycles. The summed E-state index contributed by atoms with van der Waals surface area (Å²) in [6, 6.07) is 7.18. The van der Waals surface area contributed by atoms with Crippen molar-refractivity contribution in [3.63, 3.8) is 0 Å². The maximum Gasteiger partial charge on any atom is 0.237 e. The van der Waals surface area contributed by atoms with Crippen LogP contribution in [0.3, 0.4) is 0 Å². The summed E-state index contributed by atoms with van der Waals surface area (Å²) in [5.74, 6) is -0.578. The summed E-state index contributed by atoms with van der Waals surface area (Å²) >= 11 is 0. The Morgan fingerprint density at radius 3 is 2.13 bits per heavy atom. The monoisotopic (exact) mass is 428 g/mol. The molecule has 0 aliphatic carbocycles. The van der Waals surface area contributed by atoms with Crippen molar-refractivity contribution >= 4 is 23.4 Å². The van der Waals surface area contributed by atoms with Gasteiger partial charge >= 0.3 is 0 Å². The lowest BCUT2D eigenvalue weighted by molar-refractivity contribution is -0.124. The van der Waals surface area contributed by atoms with E-state index in [1.54, 1.807) is 12.1 Å². The van der Waals surface area contributed by atoms with Gasteiger partial charge in [0.1, 0.15) is 0 Å². The lowest BCUT2D eigenvalue weighted by Gasteiger charge is -2.24. The summed E-state index contributed by atoms with van der Waals surface area (Å²) in [6.45, 7) is 13.5. The number of carbonyl (C=O) groups excluding carboxylic acids is 3. The summed E-state index contributed by atoms with van der Waals surface area (Å²) < 4.78 is 0. The SMILES string of the molecule is CC(C)(C)CCCCCCNC(=O)Cc1ccc(N2C(=O)CC(C(C)(C)C)C2=O)cc1. The van der Waals surface area contributed by atoms with Crippen LogP contribution in [-0.4, -0.2) is 24.3 Å². The van der Waals surface area contributed by atoms with E-state index in [1.807, 2.05) is 32.9 Å². The summed E-state index contributed by atoms with van der Waals surface area (Å²) in [5.41, 5.74) is 1.61. The van der Waals surface area contributed by atoms with Crippen molar-refractivity contribution in [2.75, 3.05) is 11.4 Å². The molecule has 1 aliphatic rings. The third-order valence-corrected chi connectivity index (χ3v) is 5.93. The van der Waals surface area contributed by atoms with Crippen molar-refractivity contribution in [3.8, 4) is 0 Å². The molecule has 2 rings (SSSR count). The molecule has 0 spiro atoms. The van der Waals surface area contributed by atoms with Gasteiger partial charge in [0, 0.05) is 13.0 Å². The zero-order valence-corrected chi connectivity index (χ0v) is 20.2. The Morgan fingerprint density at radius 1 is 0.968 bits per heavy atom. The summed E-state index contributed by atoms with van der Waals surface area (Å²) in [5, 5.41) is 2.99. The highest BCUT2D eigenvalue weighted by Crippen LogP contribution is 2.37. The Labute approximate surface area is 188 Å². The van der Waals surface area contributed by atoms with E-state index >= 15 is 0 Å². The molecule has 5 nitrogen and oxygen atoms in total. The van der Waals surface area contributed by atoms with Crippen LogP contribution in [0.25, 0.3) is 0 Å². The van der Waals surface area contributed by atoms with Gasteiger partial charge in [-0.1, -0.05) is 72.9 Å². The van der Waals surface area contributed by atoms with Gasteiger partial charge in [-0.3, -0.25) is 19.3 Å². The molecule has 0 radical (unpaired) electrons. The molecule has 3 amide bonds. The number of carbonyl (C=O) groups is 3. The molecular weight excluding hydrogens is 388 g/mol. The van der Waals surface area contributed by atoms with Crippen LogP contribution < -0.4 is 10.2 Å². The van der Waals surface area contributed by atoms with Crippen LogP contribution >= 0.6 is 0 Å². The molecule has 1 aromatic rings. The molecule has 172 valence electrons. The Hall–Kier alpha value is -2.17. The van der Waals surface area contributed by atoms with E-state index in [9.17, 15) is 14.4 Å². The Balaban J connectivity index is 1.76. The molecule has 0 aromatic heterocycles. The van der Waals surface area contributed by atoms with Crippen molar-refractivity contribution in [2.24, 2.45) is 16.7 Å². The van der Waals surface area contributed by atoms with Crippen molar-refractivity contribution < 1.29 is 14.4 Å². The number of unbranched alkanes of at least 4 members (excludes halogenated alkanes) is 3. The predicted molar refractivity (Wildman–Crippen MR) is 126 cm³/mol. The minimum Gasteiger partial charge on any atom is -0.356 e. The summed E-state index contributed by atoms with van der Waals surface area (Å²) in [6.07, 6.45) is 6.38. The largest absolute Gasteiger partial charge is 0.356 e. The molecule has 1 atom stereocenters. The van der Waals surface area contributed by atoms with E-state index in [0.717, 1.165) is 18.4 Å². The maximum atomic E-state index is 12.7. The molecule has 0 bridgehead atoms. The Kier molecular flexibility index (Phi) is 8.44. The van der Waals surface area contributed by atoms with Gasteiger partial charge in [0.05, 0.1) is 18.0 Å². The molecule has 1 saturated heterocycles. The third kappa shape index (κ3) is 7.79. The number of imide groups is 1. The molecule has 0 saturated carbocycles. The number of anilines is 1. The van der Waals surface area contributed by atoms with E-state index in [1.165, 1.54) is 24.2 Å². The smallest absolute Gasteiger partial charge is 0.237 e. The van der Waals surface area contributed by atoms with E-state index in [2.05, 4.69) is 26.1 Å². The van der Waals surface area contributed by atoms with Crippen LogP contribution in [0.2, 0.25) is 0 Å². The first kappa shape index (κ1) is 25.1. The summed E-state index contributed by atoms with van der Waals surface area (Å²) in [7, 11) is 0. The van der Waals surface area contributed by atoms with Crippen LogP contribution in [0.4, 0.5) is 5.69 Å². The fourth-order valence-corrected chi connectivity index (χ4v) is 3.95. The van der Waals surface area contributed by atoms with Crippen LogP contribution in [0.5, 0.6) is 0 Å². The first-order valence-electron chi connectivity index (χ1n) is 11.6. The van der Waals surface area contributed by atoms with Crippen molar-refractivity contribution in [2.45, 2.75) is 86.5 Å². The highest BCUT2D eigenvalue weighted by Gasteiger charge is 2.45. The van der Waals surface area contributed by atoms with E-state index < -0.39 is 0 Å². The average Bonchev–Trinajstić information content (AvgIpc) is 2.95. The van der Waals surface area contributed by atoms with Crippen LogP contribution in [0.1, 0.15) is 85.6 Å². The fourth-order valence-electron chi connectivity index (χ4n) is 3.95. The van der Waals surface area contributed by atoms with E-state index in [4.69, 9.17) is 0 Å². The molecule has 31 heavy (non-hydrogen) atoms. The number of nitrogens with one attached hydrogen (secondary N) is 1. The van der Waals surface area contributed by atoms with Crippen molar-refractivity contribution in [3.05, 3.63) is 29.8 Å². The van der Waals surface area contributed by atoms with Gasteiger partial charge < -0.3 is 5.32 Å². The minimum atomic E-state index is -0.293. The quantitative estimate of drug-likeness (QED) is 0.430. The van der Waals surface area contributed by atoms with Gasteiger partial charge in [-0.25, -0.2) is 0 Å². The maximum absolute atomic E-state index is 12.7. The van der Waals surface area contributed by atoms with Crippen LogP contribution in [-0.2, 0) is 20.8 Å². The van der Waals surface area contributed by atoms with Gasteiger partial charge in [-0.15, -0.1) is 0 Å². The van der Waals surface area contributed by atoms with Crippen molar-refractivity contribution in [1.82, 2.24) is 5.32 Å². The van der Waals surface area contributed by atoms with Crippen molar-refractivity contribution in [1.29, 1.82) is 0 Å². The number of hydrogen-bond donors (Lipinski definition) is 1. The Morgan fingerprint density at radius 2 is 1.58 bits per heavy atom. The minimum absolute atomic E-state index is 0.00330. The molecule has 1 fully saturated rings. The second-order valence-electron chi connectivity index (χ2n) is 11.1. The second-order valence-corrected chi connectivity index (χ2v) is 11.1. The Bertz CT molecular complexity index is 769. The first-order chi connectivity index (χ1) is 14.4. The van der Waals surface area contributed by atoms with Gasteiger partial charge in [0.2, 0.25) is 17.7 Å². The van der Waals surface area contributed by atoms with Gasteiger partial charge in [-0.2, -0.15) is 0 Å². The van der Waals surface area contributed by atoms with Gasteiger partial charge in [0.25, 0.3) is 0 Å². The number of amides is 3. The average molecular weight is 429 g/mol. The number of hydrogen-bond acceptors (Lipinski definition) is 3. The van der Waals surface area contributed by atoms with E-state index in [0.29, 0.717) is 24.1 Å². The predicted octanol–water partition coefficient (Wildman–Crippen LogP) is 5.27. The highest BCUT2D eigenvalue weighted by atomic mass is 16.2. The van der Waals surface area contributed by atoms with Crippen LogP contribution in [0.15, 0.2) is 24.3 Å². The van der Waals surface area contributed by atoms with E-state index in [-0.39, 0.29) is 35.5 Å². The molecule has 5 heteroatoms. The molecule has 1 heterocycles. The lowest BCUT2D eigenvalue weighted by Crippen LogP contribution is -2.34. The second kappa shape index (κ2) is 10.4. The van der Waals surface area contributed by atoms with Gasteiger partial charge in [0.15, 0.2) is 0 Å². The number of benzene rings is 1. The zero-order chi connectivity index (χ0) is 23.2. The summed E-state index contributed by atoms with van der Waals surface area (Å²) in [4.78, 5) is 38.6. The fraction of sp³-hybridized carbons (Fsp3) is 0.654. The van der Waals surface area contributed by atoms with Gasteiger partial charge in [-0.05, 0) is 41.4 Å². The molecule has 1 N–H and O–H groups in total.